The van der Waals surface area contributed by atoms with Crippen molar-refractivity contribution in [3.63, 3.8) is 0 Å². The molecule has 19 heavy (non-hydrogen) atoms. The molecule has 1 aromatic carbocycles. The van der Waals surface area contributed by atoms with Crippen LogP contribution in [0.5, 0.6) is 0 Å². The molecule has 3 aromatic rings. The van der Waals surface area contributed by atoms with Crippen molar-refractivity contribution < 1.29 is 13.3 Å². The monoisotopic (exact) mass is 278 g/mol. The van der Waals surface area contributed by atoms with Crippen LogP contribution < -0.4 is 5.73 Å². The molecule has 2 N–H and O–H groups in total. The first-order valence-electron chi connectivity index (χ1n) is 5.41. The molecule has 2 heterocycles. The van der Waals surface area contributed by atoms with Gasteiger partial charge in [-0.05, 0) is 23.6 Å². The molecule has 0 aliphatic rings. The molecule has 0 fully saturated rings. The summed E-state index contributed by atoms with van der Waals surface area (Å²) in [4.78, 5) is 0.805. The van der Waals surface area contributed by atoms with Crippen molar-refractivity contribution in [2.45, 2.75) is 0 Å². The molecule has 6 heteroatoms. The minimum absolute atomic E-state index is 0.00825. The highest BCUT2D eigenvalue weighted by Gasteiger charge is 2.21. The normalized spacial score (nSPS) is 10.8. The Hall–Kier alpha value is -2.21. The lowest BCUT2D eigenvalue weighted by atomic mass is 10.0. The molecule has 0 amide bonds. The van der Waals surface area contributed by atoms with E-state index >= 15 is 0 Å². The quantitative estimate of drug-likeness (QED) is 0.772. The van der Waals surface area contributed by atoms with Crippen molar-refractivity contribution in [1.29, 1.82) is 0 Å². The molecule has 0 bridgehead atoms. The lowest BCUT2D eigenvalue weighted by Gasteiger charge is -2.03. The van der Waals surface area contributed by atoms with Gasteiger partial charge in [0.05, 0.1) is 10.4 Å². The van der Waals surface area contributed by atoms with Crippen molar-refractivity contribution in [3.8, 4) is 21.7 Å². The topological polar surface area (TPSA) is 52.0 Å². The van der Waals surface area contributed by atoms with E-state index in [4.69, 9.17) is 10.3 Å². The lowest BCUT2D eigenvalue weighted by Crippen LogP contribution is -1.91. The van der Waals surface area contributed by atoms with E-state index < -0.39 is 11.6 Å². The summed E-state index contributed by atoms with van der Waals surface area (Å²) >= 11 is 1.43. The van der Waals surface area contributed by atoms with Gasteiger partial charge in [-0.25, -0.2) is 8.78 Å². The summed E-state index contributed by atoms with van der Waals surface area (Å²) in [5.41, 5.74) is 6.68. The largest absolute Gasteiger partial charge is 0.367 e. The lowest BCUT2D eigenvalue weighted by molar-refractivity contribution is 0.439. The molecule has 0 aliphatic heterocycles. The summed E-state index contributed by atoms with van der Waals surface area (Å²) in [6.07, 6.45) is 0. The third-order valence-corrected chi connectivity index (χ3v) is 3.55. The smallest absolute Gasteiger partial charge is 0.230 e. The van der Waals surface area contributed by atoms with E-state index in [1.54, 1.807) is 0 Å². The molecule has 0 saturated heterocycles. The van der Waals surface area contributed by atoms with Crippen LogP contribution in [0.4, 0.5) is 14.7 Å². The van der Waals surface area contributed by atoms with Gasteiger partial charge in [-0.15, -0.1) is 11.3 Å². The zero-order valence-electron chi connectivity index (χ0n) is 9.56. The van der Waals surface area contributed by atoms with Gasteiger partial charge < -0.3 is 10.3 Å². The van der Waals surface area contributed by atoms with Crippen LogP contribution in [0.25, 0.3) is 21.7 Å². The average Bonchev–Trinajstić information content (AvgIpc) is 2.99. The minimum Gasteiger partial charge on any atom is -0.367 e. The molecular formula is C13H8F2N2OS. The van der Waals surface area contributed by atoms with Crippen molar-refractivity contribution in [3.05, 3.63) is 47.3 Å². The summed E-state index contributed by atoms with van der Waals surface area (Å²) in [5.74, 6) is -1.34. The molecule has 0 atom stereocenters. The Bertz CT molecular complexity index is 722. The van der Waals surface area contributed by atoms with E-state index in [2.05, 4.69) is 5.16 Å². The van der Waals surface area contributed by atoms with Gasteiger partial charge in [-0.1, -0.05) is 11.2 Å². The Labute approximate surface area is 111 Å². The Morgan fingerprint density at radius 1 is 1.21 bits per heavy atom. The van der Waals surface area contributed by atoms with E-state index in [1.807, 2.05) is 17.5 Å². The molecule has 0 aliphatic carbocycles. The van der Waals surface area contributed by atoms with E-state index in [1.165, 1.54) is 23.5 Å². The number of hydrogen-bond donors (Lipinski definition) is 1. The highest BCUT2D eigenvalue weighted by atomic mass is 32.1. The maximum absolute atomic E-state index is 13.9. The third-order valence-electron chi connectivity index (χ3n) is 2.67. The van der Waals surface area contributed by atoms with E-state index in [0.717, 1.165) is 10.9 Å². The second-order valence-electron chi connectivity index (χ2n) is 3.87. The average molecular weight is 278 g/mol. The van der Waals surface area contributed by atoms with Gasteiger partial charge in [0.2, 0.25) is 5.88 Å². The maximum Gasteiger partial charge on any atom is 0.230 e. The number of nitrogens with zero attached hydrogens (tertiary/aromatic N) is 1. The number of aromatic nitrogens is 1. The van der Waals surface area contributed by atoms with Gasteiger partial charge in [0.25, 0.3) is 0 Å². The fourth-order valence-electron chi connectivity index (χ4n) is 1.84. The number of rotatable bonds is 2. The first kappa shape index (κ1) is 11.9. The summed E-state index contributed by atoms with van der Waals surface area (Å²) < 4.78 is 31.7. The molecule has 0 radical (unpaired) electrons. The number of nitrogens with two attached hydrogens (primary N) is 1. The Morgan fingerprint density at radius 2 is 2.05 bits per heavy atom. The number of hydrogen-bond acceptors (Lipinski definition) is 4. The number of benzene rings is 1. The van der Waals surface area contributed by atoms with Crippen molar-refractivity contribution in [2.24, 2.45) is 0 Å². The van der Waals surface area contributed by atoms with Crippen LogP contribution in [0.1, 0.15) is 0 Å². The maximum atomic E-state index is 13.9. The Morgan fingerprint density at radius 3 is 2.74 bits per heavy atom. The predicted octanol–water partition coefficient (Wildman–Crippen LogP) is 3.93. The molecule has 3 nitrogen and oxygen atoms in total. The minimum atomic E-state index is -0.701. The fourth-order valence-corrected chi connectivity index (χ4v) is 2.55. The predicted molar refractivity (Wildman–Crippen MR) is 69.6 cm³/mol. The third kappa shape index (κ3) is 2.00. The van der Waals surface area contributed by atoms with Crippen LogP contribution in [-0.4, -0.2) is 5.16 Å². The van der Waals surface area contributed by atoms with E-state index in [9.17, 15) is 8.78 Å². The first-order valence-corrected chi connectivity index (χ1v) is 6.29. The number of halogens is 2. The van der Waals surface area contributed by atoms with E-state index in [0.29, 0.717) is 11.3 Å². The fraction of sp³-hybridized carbons (Fsp3) is 0. The Kier molecular flexibility index (Phi) is 2.79. The summed E-state index contributed by atoms with van der Waals surface area (Å²) in [6, 6.07) is 6.97. The van der Waals surface area contributed by atoms with Crippen LogP contribution in [-0.2, 0) is 0 Å². The molecule has 0 spiro atoms. The highest BCUT2D eigenvalue weighted by molar-refractivity contribution is 7.13. The second-order valence-corrected chi connectivity index (χ2v) is 4.82. The second kappa shape index (κ2) is 4.47. The van der Waals surface area contributed by atoms with Crippen molar-refractivity contribution in [2.75, 3.05) is 5.73 Å². The molecule has 0 unspecified atom stereocenters. The number of nitrogen functional groups attached to an aromatic ring is 1. The molecule has 0 saturated carbocycles. The standard InChI is InChI=1S/C13H8F2N2OS/c14-7-3-4-8(9(15)6-7)11-12(17-18-13(11)16)10-2-1-5-19-10/h1-6H,16H2. The molecule has 96 valence electrons. The summed E-state index contributed by atoms with van der Waals surface area (Å²) in [6.45, 7) is 0. The van der Waals surface area contributed by atoms with Crippen LogP contribution in [0.2, 0.25) is 0 Å². The van der Waals surface area contributed by atoms with Gasteiger partial charge in [0.1, 0.15) is 17.3 Å². The van der Waals surface area contributed by atoms with Gasteiger partial charge in [-0.2, -0.15) is 0 Å². The van der Waals surface area contributed by atoms with Crippen LogP contribution in [0.15, 0.2) is 40.2 Å². The molecule has 3 rings (SSSR count). The number of anilines is 1. The molecular weight excluding hydrogens is 270 g/mol. The zero-order chi connectivity index (χ0) is 13.4. The van der Waals surface area contributed by atoms with Gasteiger partial charge >= 0.3 is 0 Å². The summed E-state index contributed by atoms with van der Waals surface area (Å²) in [5, 5.41) is 5.71. The highest BCUT2D eigenvalue weighted by Crippen LogP contribution is 2.39. The SMILES string of the molecule is Nc1onc(-c2cccs2)c1-c1ccc(F)cc1F. The van der Waals surface area contributed by atoms with Gasteiger partial charge in [-0.3, -0.25) is 0 Å². The van der Waals surface area contributed by atoms with Gasteiger partial charge in [0.15, 0.2) is 0 Å². The van der Waals surface area contributed by atoms with E-state index in [-0.39, 0.29) is 11.4 Å². The number of thiophene rings is 1. The van der Waals surface area contributed by atoms with Crippen molar-refractivity contribution in [1.82, 2.24) is 5.16 Å². The first-order chi connectivity index (χ1) is 9.16. The molecule has 2 aromatic heterocycles. The summed E-state index contributed by atoms with van der Waals surface area (Å²) in [7, 11) is 0. The van der Waals surface area contributed by atoms with Gasteiger partial charge in [0, 0.05) is 11.6 Å². The van der Waals surface area contributed by atoms with Crippen LogP contribution in [0.3, 0.4) is 0 Å². The van der Waals surface area contributed by atoms with Crippen molar-refractivity contribution >= 4 is 17.2 Å². The van der Waals surface area contributed by atoms with Crippen LogP contribution >= 0.6 is 11.3 Å². The zero-order valence-corrected chi connectivity index (χ0v) is 10.4. The van der Waals surface area contributed by atoms with Crippen LogP contribution in [0, 0.1) is 11.6 Å². The Balaban J connectivity index is 2.22.